The van der Waals surface area contributed by atoms with E-state index in [0.29, 0.717) is 17.9 Å². The van der Waals surface area contributed by atoms with Gasteiger partial charge in [-0.3, -0.25) is 5.10 Å². The fraction of sp³-hybridized carbons (Fsp3) is 0.308. The van der Waals surface area contributed by atoms with Crippen LogP contribution in [-0.4, -0.2) is 24.4 Å². The Bertz CT molecular complexity index is 551. The molecule has 18 heavy (non-hydrogen) atoms. The molecule has 1 aromatic carbocycles. The van der Waals surface area contributed by atoms with Gasteiger partial charge < -0.3 is 10.1 Å². The van der Waals surface area contributed by atoms with Gasteiger partial charge >= 0.3 is 0 Å². The maximum absolute atomic E-state index is 13.4. The number of hydrogen-bond acceptors (Lipinski definition) is 3. The summed E-state index contributed by atoms with van der Waals surface area (Å²) in [7, 11) is 3.42. The van der Waals surface area contributed by atoms with Gasteiger partial charge in [0.05, 0.1) is 12.8 Å². The van der Waals surface area contributed by atoms with Crippen molar-refractivity contribution in [2.45, 2.75) is 13.5 Å². The quantitative estimate of drug-likeness (QED) is 0.873. The van der Waals surface area contributed by atoms with E-state index in [4.69, 9.17) is 4.74 Å². The van der Waals surface area contributed by atoms with Crippen molar-refractivity contribution in [2.75, 3.05) is 14.2 Å². The molecule has 2 rings (SSSR count). The summed E-state index contributed by atoms with van der Waals surface area (Å²) in [6.07, 6.45) is 0. The van der Waals surface area contributed by atoms with Crippen molar-refractivity contribution in [1.82, 2.24) is 15.5 Å². The third-order valence-corrected chi connectivity index (χ3v) is 2.80. The molecule has 0 saturated carbocycles. The molecule has 96 valence electrons. The number of aromatic nitrogens is 2. The summed E-state index contributed by atoms with van der Waals surface area (Å²) in [6.45, 7) is 2.52. The molecule has 0 aliphatic carbocycles. The SMILES string of the molecule is CNCc1n[nH]c(C)c1-c1cc(F)ccc1OC. The molecule has 0 aliphatic heterocycles. The largest absolute Gasteiger partial charge is 0.496 e. The number of ether oxygens (including phenoxy) is 1. The number of nitrogens with zero attached hydrogens (tertiary/aromatic N) is 1. The van der Waals surface area contributed by atoms with Crippen LogP contribution < -0.4 is 10.1 Å². The topological polar surface area (TPSA) is 49.9 Å². The normalized spacial score (nSPS) is 10.7. The number of halogens is 1. The molecule has 5 heteroatoms. The molecule has 0 unspecified atom stereocenters. The van der Waals surface area contributed by atoms with E-state index in [9.17, 15) is 4.39 Å². The average molecular weight is 249 g/mol. The summed E-state index contributed by atoms with van der Waals surface area (Å²) >= 11 is 0. The first-order chi connectivity index (χ1) is 8.67. The molecule has 0 amide bonds. The molecule has 0 aliphatic rings. The van der Waals surface area contributed by atoms with Gasteiger partial charge in [-0.1, -0.05) is 0 Å². The molecule has 4 nitrogen and oxygen atoms in total. The highest BCUT2D eigenvalue weighted by molar-refractivity contribution is 5.74. The molecule has 1 aromatic heterocycles. The van der Waals surface area contributed by atoms with E-state index in [1.165, 1.54) is 12.1 Å². The van der Waals surface area contributed by atoms with Gasteiger partial charge in [0.2, 0.25) is 0 Å². The summed E-state index contributed by atoms with van der Waals surface area (Å²) in [6, 6.07) is 4.48. The van der Waals surface area contributed by atoms with E-state index in [2.05, 4.69) is 15.5 Å². The Morgan fingerprint density at radius 3 is 2.89 bits per heavy atom. The molecular formula is C13H16FN3O. The van der Waals surface area contributed by atoms with Gasteiger partial charge in [-0.15, -0.1) is 0 Å². The predicted molar refractivity (Wildman–Crippen MR) is 68.0 cm³/mol. The Kier molecular flexibility index (Phi) is 3.62. The zero-order chi connectivity index (χ0) is 13.1. The van der Waals surface area contributed by atoms with Crippen molar-refractivity contribution in [3.63, 3.8) is 0 Å². The standard InChI is InChI=1S/C13H16FN3O/c1-8-13(11(7-15-2)17-16-8)10-6-9(14)4-5-12(10)18-3/h4-6,15H,7H2,1-3H3,(H,16,17). The lowest BCUT2D eigenvalue weighted by Gasteiger charge is -2.10. The van der Waals surface area contributed by atoms with Gasteiger partial charge in [-0.05, 0) is 32.2 Å². The van der Waals surface area contributed by atoms with Gasteiger partial charge in [-0.2, -0.15) is 5.10 Å². The van der Waals surface area contributed by atoms with Crippen molar-refractivity contribution >= 4 is 0 Å². The van der Waals surface area contributed by atoms with Crippen molar-refractivity contribution in [1.29, 1.82) is 0 Å². The lowest BCUT2D eigenvalue weighted by atomic mass is 10.0. The number of hydrogen-bond donors (Lipinski definition) is 2. The Balaban J connectivity index is 2.60. The van der Waals surface area contributed by atoms with Crippen LogP contribution in [0.4, 0.5) is 4.39 Å². The second-order valence-corrected chi connectivity index (χ2v) is 4.05. The molecule has 2 aromatic rings. The number of methoxy groups -OCH3 is 1. The molecular weight excluding hydrogens is 233 g/mol. The van der Waals surface area contributed by atoms with Crippen LogP contribution in [0.25, 0.3) is 11.1 Å². The summed E-state index contributed by atoms with van der Waals surface area (Å²) in [5.74, 6) is 0.347. The van der Waals surface area contributed by atoms with Crippen LogP contribution in [0.15, 0.2) is 18.2 Å². The minimum atomic E-state index is -0.290. The second kappa shape index (κ2) is 5.18. The molecule has 0 atom stereocenters. The zero-order valence-electron chi connectivity index (χ0n) is 10.7. The highest BCUT2D eigenvalue weighted by Crippen LogP contribution is 2.34. The van der Waals surface area contributed by atoms with E-state index in [1.807, 2.05) is 14.0 Å². The fourth-order valence-electron chi connectivity index (χ4n) is 2.01. The number of aryl methyl sites for hydroxylation is 1. The Labute approximate surface area is 105 Å². The van der Waals surface area contributed by atoms with Gasteiger partial charge in [0, 0.05) is 23.4 Å². The summed E-state index contributed by atoms with van der Waals surface area (Å²) in [5.41, 5.74) is 3.35. The van der Waals surface area contributed by atoms with Crippen molar-refractivity contribution in [2.24, 2.45) is 0 Å². The number of nitrogens with one attached hydrogen (secondary N) is 2. The van der Waals surface area contributed by atoms with Gasteiger partial charge in [0.25, 0.3) is 0 Å². The maximum atomic E-state index is 13.4. The van der Waals surface area contributed by atoms with Crippen LogP contribution >= 0.6 is 0 Å². The van der Waals surface area contributed by atoms with Crippen LogP contribution in [0.1, 0.15) is 11.4 Å². The van der Waals surface area contributed by atoms with Crippen LogP contribution in [0.3, 0.4) is 0 Å². The number of rotatable bonds is 4. The smallest absolute Gasteiger partial charge is 0.127 e. The Morgan fingerprint density at radius 1 is 1.44 bits per heavy atom. The van der Waals surface area contributed by atoms with Gasteiger partial charge in [0.1, 0.15) is 11.6 Å². The highest BCUT2D eigenvalue weighted by Gasteiger charge is 2.16. The fourth-order valence-corrected chi connectivity index (χ4v) is 2.01. The average Bonchev–Trinajstić information content (AvgIpc) is 2.71. The lowest BCUT2D eigenvalue weighted by Crippen LogP contribution is -2.06. The summed E-state index contributed by atoms with van der Waals surface area (Å²) < 4.78 is 18.7. The maximum Gasteiger partial charge on any atom is 0.127 e. The number of H-pyrrole nitrogens is 1. The molecule has 0 saturated heterocycles. The van der Waals surface area contributed by atoms with E-state index in [-0.39, 0.29) is 5.82 Å². The highest BCUT2D eigenvalue weighted by atomic mass is 19.1. The molecule has 0 fully saturated rings. The van der Waals surface area contributed by atoms with Gasteiger partial charge in [-0.25, -0.2) is 4.39 Å². The van der Waals surface area contributed by atoms with Crippen molar-refractivity contribution < 1.29 is 9.13 Å². The molecule has 2 N–H and O–H groups in total. The molecule has 0 bridgehead atoms. The van der Waals surface area contributed by atoms with E-state index >= 15 is 0 Å². The lowest BCUT2D eigenvalue weighted by molar-refractivity contribution is 0.415. The first-order valence-corrected chi connectivity index (χ1v) is 5.69. The summed E-state index contributed by atoms with van der Waals surface area (Å²) in [5, 5.41) is 10.2. The minimum Gasteiger partial charge on any atom is -0.496 e. The van der Waals surface area contributed by atoms with Gasteiger partial charge in [0.15, 0.2) is 0 Å². The first kappa shape index (κ1) is 12.6. The molecule has 1 heterocycles. The first-order valence-electron chi connectivity index (χ1n) is 5.69. The van der Waals surface area contributed by atoms with E-state index < -0.39 is 0 Å². The number of benzene rings is 1. The molecule has 0 radical (unpaired) electrons. The summed E-state index contributed by atoms with van der Waals surface area (Å²) in [4.78, 5) is 0. The van der Waals surface area contributed by atoms with Crippen LogP contribution in [0.2, 0.25) is 0 Å². The van der Waals surface area contributed by atoms with Crippen molar-refractivity contribution in [3.8, 4) is 16.9 Å². The zero-order valence-corrected chi connectivity index (χ0v) is 10.7. The third-order valence-electron chi connectivity index (χ3n) is 2.80. The van der Waals surface area contributed by atoms with E-state index in [1.54, 1.807) is 13.2 Å². The minimum absolute atomic E-state index is 0.290. The predicted octanol–water partition coefficient (Wildman–Crippen LogP) is 2.25. The molecule has 0 spiro atoms. The van der Waals surface area contributed by atoms with Crippen LogP contribution in [-0.2, 0) is 6.54 Å². The number of aromatic amines is 1. The monoisotopic (exact) mass is 249 g/mol. The van der Waals surface area contributed by atoms with Crippen molar-refractivity contribution in [3.05, 3.63) is 35.4 Å². The Morgan fingerprint density at radius 2 is 2.22 bits per heavy atom. The second-order valence-electron chi connectivity index (χ2n) is 4.05. The third kappa shape index (κ3) is 2.22. The van der Waals surface area contributed by atoms with E-state index in [0.717, 1.165) is 17.0 Å². The van der Waals surface area contributed by atoms with Crippen LogP contribution in [0, 0.1) is 12.7 Å². The Hall–Kier alpha value is -1.88. The van der Waals surface area contributed by atoms with Crippen LogP contribution in [0.5, 0.6) is 5.75 Å².